The van der Waals surface area contributed by atoms with E-state index in [4.69, 9.17) is 21.5 Å². The molecule has 1 saturated heterocycles. The molecule has 2 N–H and O–H groups in total. The Morgan fingerprint density at radius 3 is 2.60 bits per heavy atom. The highest BCUT2D eigenvalue weighted by atomic mass is 31.3. The minimum atomic E-state index is -6.12. The van der Waals surface area contributed by atoms with Crippen molar-refractivity contribution in [3.05, 3.63) is 58.8 Å². The number of aromatic nitrogens is 4. The second-order valence-corrected chi connectivity index (χ2v) is 12.9. The zero-order chi connectivity index (χ0) is 30.3. The quantitative estimate of drug-likeness (QED) is 0.145. The number of rotatable bonds is 10. The average Bonchev–Trinajstić information content (AvgIpc) is 3.53. The lowest BCUT2D eigenvalue weighted by Gasteiger charge is -2.34. The topological polar surface area (TPSA) is 271 Å². The standard InChI is InChI=1S/C20H19N6O13P3/c1-22-14-6-11-2-3-12(7-15(11)36-20(14)27)37-41(30,31)39-42(32,33)38-40(28,29)34-8-13-4-5-16(35-13)26-10-25-17-18(21)23-9-24-19(17)26/h2-3,6-7,9-10,13,16H,4-5,8H2,(H,28,29)(H,30,31)(H,32,33)(H2,21,23,24)/p-3. The van der Waals surface area contributed by atoms with Gasteiger partial charge in [-0.25, -0.2) is 28.4 Å². The Bertz CT molecular complexity index is 1920. The fourth-order valence-electron chi connectivity index (χ4n) is 3.91. The molecule has 1 aliphatic heterocycles. The van der Waals surface area contributed by atoms with E-state index >= 15 is 0 Å². The van der Waals surface area contributed by atoms with Gasteiger partial charge in [-0.15, -0.1) is 0 Å². The third-order valence-electron chi connectivity index (χ3n) is 5.63. The number of nitrogen functional groups attached to an aromatic ring is 1. The molecule has 1 aliphatic rings. The van der Waals surface area contributed by atoms with Gasteiger partial charge in [0.05, 0.1) is 25.6 Å². The highest BCUT2D eigenvalue weighted by molar-refractivity contribution is 7.65. The number of hydrogen-bond acceptors (Lipinski definition) is 17. The molecule has 1 aromatic carbocycles. The summed E-state index contributed by atoms with van der Waals surface area (Å²) in [7, 11) is -17.6. The molecular weight excluding hydrogens is 625 g/mol. The molecule has 0 spiro atoms. The van der Waals surface area contributed by atoms with Gasteiger partial charge in [0.2, 0.25) is 0 Å². The van der Waals surface area contributed by atoms with Crippen molar-refractivity contribution < 1.29 is 55.2 Å². The Morgan fingerprint density at radius 1 is 1.07 bits per heavy atom. The number of phosphoric acid groups is 3. The Morgan fingerprint density at radius 2 is 1.83 bits per heavy atom. The van der Waals surface area contributed by atoms with Crippen molar-refractivity contribution in [2.24, 2.45) is 0 Å². The van der Waals surface area contributed by atoms with E-state index in [0.29, 0.717) is 17.6 Å². The normalized spacial score (nSPS) is 21.4. The Labute approximate surface area is 234 Å². The minimum Gasteiger partial charge on any atom is -0.756 e. The van der Waals surface area contributed by atoms with Crippen LogP contribution in [-0.2, 0) is 31.6 Å². The van der Waals surface area contributed by atoms with Gasteiger partial charge in [0.25, 0.3) is 21.3 Å². The molecule has 1 fully saturated rings. The van der Waals surface area contributed by atoms with Crippen LogP contribution < -0.4 is 30.6 Å². The molecule has 0 saturated carbocycles. The Kier molecular flexibility index (Phi) is 8.05. The summed E-state index contributed by atoms with van der Waals surface area (Å²) in [4.78, 5) is 63.1. The molecule has 0 amide bonds. The van der Waals surface area contributed by atoms with Crippen molar-refractivity contribution in [2.75, 3.05) is 12.3 Å². The van der Waals surface area contributed by atoms with Gasteiger partial charge in [-0.3, -0.25) is 23.1 Å². The molecule has 4 aromatic rings. The van der Waals surface area contributed by atoms with Crippen molar-refractivity contribution in [3.63, 3.8) is 0 Å². The van der Waals surface area contributed by atoms with Gasteiger partial charge in [0, 0.05) is 11.5 Å². The van der Waals surface area contributed by atoms with E-state index in [1.54, 1.807) is 4.57 Å². The highest BCUT2D eigenvalue weighted by Gasteiger charge is 2.31. The second kappa shape index (κ2) is 11.3. The molecule has 42 heavy (non-hydrogen) atoms. The predicted octanol–water partition coefficient (Wildman–Crippen LogP) is 1.28. The number of ether oxygens (including phenoxy) is 1. The van der Waals surface area contributed by atoms with Crippen molar-refractivity contribution >= 4 is 57.1 Å². The van der Waals surface area contributed by atoms with Crippen LogP contribution in [0.5, 0.6) is 5.75 Å². The molecule has 4 heterocycles. The average molecular weight is 641 g/mol. The lowest BCUT2D eigenvalue weighted by atomic mass is 10.2. The molecule has 19 nitrogen and oxygen atoms in total. The number of imidazole rings is 1. The lowest BCUT2D eigenvalue weighted by Crippen LogP contribution is -2.21. The van der Waals surface area contributed by atoms with Gasteiger partial charge in [0.15, 0.2) is 11.5 Å². The minimum absolute atomic E-state index is 0.153. The fourth-order valence-corrected chi connectivity index (χ4v) is 7.30. The maximum atomic E-state index is 12.2. The van der Waals surface area contributed by atoms with Gasteiger partial charge in [0.1, 0.15) is 29.4 Å². The molecule has 0 bridgehead atoms. The number of nitrogens with zero attached hydrogens (tertiary/aromatic N) is 5. The second-order valence-electron chi connectivity index (χ2n) is 8.50. The van der Waals surface area contributed by atoms with Gasteiger partial charge < -0.3 is 38.6 Å². The van der Waals surface area contributed by atoms with Crippen LogP contribution in [0.3, 0.4) is 0 Å². The number of hydrogen-bond donors (Lipinski definition) is 1. The van der Waals surface area contributed by atoms with Crippen molar-refractivity contribution in [3.8, 4) is 5.75 Å². The van der Waals surface area contributed by atoms with Gasteiger partial charge >= 0.3 is 13.4 Å². The molecule has 5 rings (SSSR count). The van der Waals surface area contributed by atoms with Crippen LogP contribution in [0.4, 0.5) is 11.5 Å². The van der Waals surface area contributed by atoms with Crippen molar-refractivity contribution in [1.29, 1.82) is 0 Å². The first-order chi connectivity index (χ1) is 19.7. The summed E-state index contributed by atoms with van der Waals surface area (Å²) in [5.41, 5.74) is 4.95. The van der Waals surface area contributed by atoms with E-state index in [1.807, 2.05) is 0 Å². The summed E-state index contributed by atoms with van der Waals surface area (Å²) >= 11 is 0. The van der Waals surface area contributed by atoms with E-state index in [0.717, 1.165) is 12.1 Å². The maximum Gasteiger partial charge on any atom is 0.341 e. The van der Waals surface area contributed by atoms with Crippen LogP contribution in [0.2, 0.25) is 0 Å². The van der Waals surface area contributed by atoms with Gasteiger partial charge in [-0.2, -0.15) is 0 Å². The Hall–Kier alpha value is -3.52. The molecule has 5 atom stereocenters. The summed E-state index contributed by atoms with van der Waals surface area (Å²) in [6.45, 7) is 6.23. The van der Waals surface area contributed by atoms with Crippen LogP contribution in [-0.4, -0.2) is 32.2 Å². The summed E-state index contributed by atoms with van der Waals surface area (Å²) in [6.07, 6.45) is 1.85. The number of anilines is 1. The molecular formula is C20H16N6O13P3-3. The molecule has 3 aromatic heterocycles. The first kappa shape index (κ1) is 30.0. The SMILES string of the molecule is [C-]#[N+]c1cc2ccc(OP(=O)([O-])OP(=O)([O-])OP(=O)([O-])OCC3CCC(n4cnc5c(N)ncnc54)O3)cc2oc1=O. The van der Waals surface area contributed by atoms with Crippen molar-refractivity contribution in [1.82, 2.24) is 19.5 Å². The highest BCUT2D eigenvalue weighted by Crippen LogP contribution is 2.62. The number of nitrogens with two attached hydrogens (primary N) is 1. The van der Waals surface area contributed by atoms with E-state index in [1.165, 1.54) is 24.8 Å². The summed E-state index contributed by atoms with van der Waals surface area (Å²) in [5.74, 6) is -0.408. The largest absolute Gasteiger partial charge is 0.756 e. The monoisotopic (exact) mass is 641 g/mol. The molecule has 22 heteroatoms. The number of fused-ring (bicyclic) bond motifs is 2. The lowest BCUT2D eigenvalue weighted by molar-refractivity contribution is -0.249. The van der Waals surface area contributed by atoms with Crippen LogP contribution in [0.15, 0.2) is 46.1 Å². The van der Waals surface area contributed by atoms with E-state index in [-0.39, 0.29) is 28.9 Å². The van der Waals surface area contributed by atoms with Crippen LogP contribution in [0.25, 0.3) is 27.0 Å². The zero-order valence-corrected chi connectivity index (χ0v) is 23.4. The van der Waals surface area contributed by atoms with Crippen LogP contribution in [0, 0.1) is 6.57 Å². The fraction of sp³-hybridized carbons (Fsp3) is 0.250. The van der Waals surface area contributed by atoms with E-state index in [9.17, 15) is 33.2 Å². The molecule has 0 aliphatic carbocycles. The van der Waals surface area contributed by atoms with Crippen LogP contribution >= 0.6 is 23.5 Å². The zero-order valence-electron chi connectivity index (χ0n) is 20.7. The summed E-state index contributed by atoms with van der Waals surface area (Å²) in [5, 5.41) is 0.228. The molecule has 0 radical (unpaired) electrons. The third-order valence-corrected chi connectivity index (χ3v) is 9.73. The van der Waals surface area contributed by atoms with E-state index < -0.39 is 53.8 Å². The van der Waals surface area contributed by atoms with Gasteiger partial charge in [-0.05, 0) is 31.0 Å². The molecule has 5 unspecified atom stereocenters. The number of benzene rings is 1. The smallest absolute Gasteiger partial charge is 0.341 e. The van der Waals surface area contributed by atoms with Gasteiger partial charge in [-0.1, -0.05) is 0 Å². The number of phosphoric ester groups is 2. The van der Waals surface area contributed by atoms with Crippen LogP contribution in [0.1, 0.15) is 19.1 Å². The maximum absolute atomic E-state index is 12.2. The summed E-state index contributed by atoms with van der Waals surface area (Å²) in [6, 6.07) is 4.33. The summed E-state index contributed by atoms with van der Waals surface area (Å²) < 4.78 is 65.3. The first-order valence-electron chi connectivity index (χ1n) is 11.5. The Balaban J connectivity index is 1.17. The van der Waals surface area contributed by atoms with E-state index in [2.05, 4.69) is 37.5 Å². The predicted molar refractivity (Wildman–Crippen MR) is 133 cm³/mol. The molecule has 222 valence electrons. The van der Waals surface area contributed by atoms with Crippen molar-refractivity contribution in [2.45, 2.75) is 25.2 Å². The third kappa shape index (κ3) is 6.75. The first-order valence-corrected chi connectivity index (χ1v) is 15.9.